The van der Waals surface area contributed by atoms with Crippen LogP contribution in [0.2, 0.25) is 5.02 Å². The summed E-state index contributed by atoms with van der Waals surface area (Å²) < 4.78 is 5.14. The van der Waals surface area contributed by atoms with Crippen molar-refractivity contribution in [3.05, 3.63) is 34.9 Å². The van der Waals surface area contributed by atoms with Crippen LogP contribution in [0, 0.1) is 0 Å². The summed E-state index contributed by atoms with van der Waals surface area (Å²) in [6, 6.07) is 7.35. The Balaban J connectivity index is 2.97. The van der Waals surface area contributed by atoms with Gasteiger partial charge in [-0.05, 0) is 13.0 Å². The molecule has 3 heteroatoms. The van der Waals surface area contributed by atoms with Gasteiger partial charge in [-0.2, -0.15) is 0 Å². The molecule has 2 atom stereocenters. The van der Waals surface area contributed by atoms with Crippen LogP contribution >= 0.6 is 11.6 Å². The third-order valence-electron chi connectivity index (χ3n) is 1.90. The van der Waals surface area contributed by atoms with Gasteiger partial charge in [0.15, 0.2) is 0 Å². The first kappa shape index (κ1) is 10.5. The van der Waals surface area contributed by atoms with Crippen LogP contribution in [0.1, 0.15) is 18.6 Å². The Kier molecular flexibility index (Phi) is 3.72. The van der Waals surface area contributed by atoms with E-state index in [2.05, 4.69) is 0 Å². The molecule has 0 aliphatic rings. The number of aliphatic hydroxyl groups is 1. The van der Waals surface area contributed by atoms with Crippen molar-refractivity contribution in [3.8, 4) is 0 Å². The molecule has 0 radical (unpaired) electrons. The molecule has 1 aromatic carbocycles. The summed E-state index contributed by atoms with van der Waals surface area (Å²) >= 11 is 5.95. The molecule has 0 bridgehead atoms. The van der Waals surface area contributed by atoms with Crippen molar-refractivity contribution in [2.45, 2.75) is 19.1 Å². The summed E-state index contributed by atoms with van der Waals surface area (Å²) in [6.07, 6.45) is -0.918. The molecule has 0 aromatic heterocycles. The van der Waals surface area contributed by atoms with Gasteiger partial charge in [-0.15, -0.1) is 0 Å². The maximum Gasteiger partial charge on any atom is 0.109 e. The zero-order valence-electron chi connectivity index (χ0n) is 7.70. The standard InChI is InChI=1S/C10H13ClO2/c1-7(12)10(13-2)8-5-3-4-6-9(8)11/h3-7,10,12H,1-2H3/t7-,10+/m0/s1. The Morgan fingerprint density at radius 1 is 1.38 bits per heavy atom. The predicted molar refractivity (Wildman–Crippen MR) is 52.9 cm³/mol. The van der Waals surface area contributed by atoms with E-state index in [1.54, 1.807) is 20.1 Å². The van der Waals surface area contributed by atoms with E-state index in [0.29, 0.717) is 5.02 Å². The smallest absolute Gasteiger partial charge is 0.109 e. The van der Waals surface area contributed by atoms with E-state index < -0.39 is 6.10 Å². The van der Waals surface area contributed by atoms with E-state index in [9.17, 15) is 5.11 Å². The molecule has 13 heavy (non-hydrogen) atoms. The highest BCUT2D eigenvalue weighted by Gasteiger charge is 2.18. The quantitative estimate of drug-likeness (QED) is 0.812. The number of hydrogen-bond acceptors (Lipinski definition) is 2. The minimum Gasteiger partial charge on any atom is -0.390 e. The molecule has 0 fully saturated rings. The van der Waals surface area contributed by atoms with Crippen LogP contribution in [-0.4, -0.2) is 18.3 Å². The molecule has 0 aliphatic carbocycles. The molecular weight excluding hydrogens is 188 g/mol. The molecule has 1 rings (SSSR count). The van der Waals surface area contributed by atoms with Gasteiger partial charge in [0.25, 0.3) is 0 Å². The summed E-state index contributed by atoms with van der Waals surface area (Å²) in [5.41, 5.74) is 0.821. The van der Waals surface area contributed by atoms with Crippen LogP contribution in [0.25, 0.3) is 0 Å². The summed E-state index contributed by atoms with van der Waals surface area (Å²) in [5, 5.41) is 10.0. The molecule has 0 saturated carbocycles. The van der Waals surface area contributed by atoms with Gasteiger partial charge in [0.1, 0.15) is 6.10 Å². The second-order valence-electron chi connectivity index (χ2n) is 2.92. The normalized spacial score (nSPS) is 15.4. The summed E-state index contributed by atoms with van der Waals surface area (Å²) in [7, 11) is 1.56. The molecule has 1 N–H and O–H groups in total. The van der Waals surface area contributed by atoms with Gasteiger partial charge < -0.3 is 9.84 Å². The minimum atomic E-state index is -0.565. The number of hydrogen-bond donors (Lipinski definition) is 1. The van der Waals surface area contributed by atoms with Crippen molar-refractivity contribution in [2.75, 3.05) is 7.11 Å². The highest BCUT2D eigenvalue weighted by molar-refractivity contribution is 6.31. The predicted octanol–water partition coefficient (Wildman–Crippen LogP) is 2.41. The van der Waals surface area contributed by atoms with Crippen molar-refractivity contribution in [1.29, 1.82) is 0 Å². The van der Waals surface area contributed by atoms with Crippen molar-refractivity contribution in [3.63, 3.8) is 0 Å². The van der Waals surface area contributed by atoms with Gasteiger partial charge in [-0.25, -0.2) is 0 Å². The van der Waals surface area contributed by atoms with E-state index in [4.69, 9.17) is 16.3 Å². The van der Waals surface area contributed by atoms with Crippen LogP contribution in [0.4, 0.5) is 0 Å². The number of aliphatic hydroxyl groups excluding tert-OH is 1. The van der Waals surface area contributed by atoms with Gasteiger partial charge in [0.2, 0.25) is 0 Å². The number of benzene rings is 1. The van der Waals surface area contributed by atoms with Gasteiger partial charge in [-0.1, -0.05) is 29.8 Å². The third kappa shape index (κ3) is 2.44. The lowest BCUT2D eigenvalue weighted by molar-refractivity contribution is -0.00342. The van der Waals surface area contributed by atoms with Crippen LogP contribution in [-0.2, 0) is 4.74 Å². The van der Waals surface area contributed by atoms with Gasteiger partial charge in [-0.3, -0.25) is 0 Å². The fraction of sp³-hybridized carbons (Fsp3) is 0.400. The SMILES string of the molecule is CO[C@@H](c1ccccc1Cl)[C@H](C)O. The van der Waals surface area contributed by atoms with Crippen molar-refractivity contribution >= 4 is 11.6 Å². The van der Waals surface area contributed by atoms with E-state index in [1.165, 1.54) is 0 Å². The summed E-state index contributed by atoms with van der Waals surface area (Å²) in [6.45, 7) is 1.68. The number of methoxy groups -OCH3 is 1. The Hall–Kier alpha value is -0.570. The number of halogens is 1. The Morgan fingerprint density at radius 3 is 2.46 bits per heavy atom. The lowest BCUT2D eigenvalue weighted by Crippen LogP contribution is -2.16. The molecule has 0 aliphatic heterocycles. The lowest BCUT2D eigenvalue weighted by atomic mass is 10.1. The van der Waals surface area contributed by atoms with E-state index in [0.717, 1.165) is 5.56 Å². The van der Waals surface area contributed by atoms with Crippen molar-refractivity contribution in [1.82, 2.24) is 0 Å². The topological polar surface area (TPSA) is 29.5 Å². The van der Waals surface area contributed by atoms with Gasteiger partial charge in [0.05, 0.1) is 6.10 Å². The Morgan fingerprint density at radius 2 is 2.00 bits per heavy atom. The number of rotatable bonds is 3. The largest absolute Gasteiger partial charge is 0.390 e. The molecule has 0 amide bonds. The Labute approximate surface area is 83.1 Å². The molecule has 1 aromatic rings. The zero-order valence-corrected chi connectivity index (χ0v) is 8.45. The lowest BCUT2D eigenvalue weighted by Gasteiger charge is -2.19. The maximum atomic E-state index is 9.41. The zero-order chi connectivity index (χ0) is 9.84. The summed E-state index contributed by atoms with van der Waals surface area (Å²) in [4.78, 5) is 0. The number of ether oxygens (including phenoxy) is 1. The average Bonchev–Trinajstić information content (AvgIpc) is 2.09. The minimum absolute atomic E-state index is 0.353. The second-order valence-corrected chi connectivity index (χ2v) is 3.33. The highest BCUT2D eigenvalue weighted by atomic mass is 35.5. The third-order valence-corrected chi connectivity index (χ3v) is 2.25. The fourth-order valence-electron chi connectivity index (χ4n) is 1.29. The van der Waals surface area contributed by atoms with E-state index >= 15 is 0 Å². The van der Waals surface area contributed by atoms with E-state index in [-0.39, 0.29) is 6.10 Å². The van der Waals surface area contributed by atoms with Crippen molar-refractivity contribution < 1.29 is 9.84 Å². The molecule has 0 spiro atoms. The van der Waals surface area contributed by atoms with Crippen LogP contribution < -0.4 is 0 Å². The Bertz CT molecular complexity index is 273. The van der Waals surface area contributed by atoms with Gasteiger partial charge in [0, 0.05) is 17.7 Å². The molecule has 0 unspecified atom stereocenters. The molecule has 0 saturated heterocycles. The second kappa shape index (κ2) is 4.61. The molecule has 0 heterocycles. The molecular formula is C10H13ClO2. The monoisotopic (exact) mass is 200 g/mol. The fourth-order valence-corrected chi connectivity index (χ4v) is 1.53. The van der Waals surface area contributed by atoms with Gasteiger partial charge >= 0.3 is 0 Å². The first-order valence-electron chi connectivity index (χ1n) is 4.12. The first-order valence-corrected chi connectivity index (χ1v) is 4.50. The highest BCUT2D eigenvalue weighted by Crippen LogP contribution is 2.27. The van der Waals surface area contributed by atoms with Crippen LogP contribution in [0.5, 0.6) is 0 Å². The average molecular weight is 201 g/mol. The van der Waals surface area contributed by atoms with Crippen molar-refractivity contribution in [2.24, 2.45) is 0 Å². The van der Waals surface area contributed by atoms with Crippen LogP contribution in [0.15, 0.2) is 24.3 Å². The molecule has 2 nitrogen and oxygen atoms in total. The summed E-state index contributed by atoms with van der Waals surface area (Å²) in [5.74, 6) is 0. The van der Waals surface area contributed by atoms with Crippen LogP contribution in [0.3, 0.4) is 0 Å². The van der Waals surface area contributed by atoms with E-state index in [1.807, 2.05) is 18.2 Å². The first-order chi connectivity index (χ1) is 6.16. The maximum absolute atomic E-state index is 9.41. The molecule has 72 valence electrons.